The molecule has 1 aliphatic carbocycles. The molecule has 1 spiro atoms. The second-order valence-corrected chi connectivity index (χ2v) is 10.9. The van der Waals surface area contributed by atoms with Gasteiger partial charge in [-0.3, -0.25) is 19.2 Å². The van der Waals surface area contributed by atoms with Crippen molar-refractivity contribution in [3.05, 3.63) is 69.8 Å². The molecule has 2 aromatic carbocycles. The molecule has 0 amide bonds. The Labute approximate surface area is 214 Å². The fourth-order valence-corrected chi connectivity index (χ4v) is 6.63. The Hall–Kier alpha value is -2.95. The quantitative estimate of drug-likeness (QED) is 0.219. The smallest absolute Gasteiger partial charge is 0.493 e. The molecule has 0 fully saturated rings. The summed E-state index contributed by atoms with van der Waals surface area (Å²) in [6.07, 6.45) is 4.20. The third kappa shape index (κ3) is 4.85. The summed E-state index contributed by atoms with van der Waals surface area (Å²) >= 11 is 0. The number of methoxy groups -OCH3 is 1. The van der Waals surface area contributed by atoms with Crippen LogP contribution >= 0.6 is 7.82 Å². The van der Waals surface area contributed by atoms with E-state index in [0.29, 0.717) is 12.2 Å². The first-order chi connectivity index (χ1) is 17.8. The molecular weight excluding hydrogens is 503 g/mol. The Morgan fingerprint density at radius 1 is 1.27 bits per heavy atom. The van der Waals surface area contributed by atoms with Gasteiger partial charge in [0.2, 0.25) is 0 Å². The molecule has 11 nitrogen and oxygen atoms in total. The van der Waals surface area contributed by atoms with Crippen molar-refractivity contribution in [2.75, 3.05) is 33.9 Å². The van der Waals surface area contributed by atoms with Crippen molar-refractivity contribution < 1.29 is 37.6 Å². The summed E-state index contributed by atoms with van der Waals surface area (Å²) in [6.45, 7) is 0.999. The van der Waals surface area contributed by atoms with Crippen LogP contribution in [0, 0.1) is 10.1 Å². The van der Waals surface area contributed by atoms with Crippen LogP contribution in [0.3, 0.4) is 0 Å². The van der Waals surface area contributed by atoms with Crippen LogP contribution in [-0.2, 0) is 25.6 Å². The third-order valence-electron chi connectivity index (χ3n) is 7.00. The minimum Gasteiger partial charge on any atom is -0.493 e. The predicted octanol–water partition coefficient (Wildman–Crippen LogP) is 3.98. The lowest BCUT2D eigenvalue weighted by atomic mass is 9.69. The van der Waals surface area contributed by atoms with E-state index in [9.17, 15) is 19.8 Å². The number of nitro groups is 1. The number of phosphoric ester groups is 1. The summed E-state index contributed by atoms with van der Waals surface area (Å²) in [4.78, 5) is 12.7. The molecule has 37 heavy (non-hydrogen) atoms. The predicted molar refractivity (Wildman–Crippen MR) is 133 cm³/mol. The van der Waals surface area contributed by atoms with E-state index in [0.717, 1.165) is 30.8 Å². The van der Waals surface area contributed by atoms with E-state index >= 15 is 0 Å². The maximum Gasteiger partial charge on any atom is 0.530 e. The summed E-state index contributed by atoms with van der Waals surface area (Å²) in [6, 6.07) is 9.09. The first-order valence-electron chi connectivity index (χ1n) is 12.0. The normalized spacial score (nSPS) is 25.8. The molecule has 1 unspecified atom stereocenters. The molecule has 5 rings (SSSR count). The van der Waals surface area contributed by atoms with Gasteiger partial charge in [-0.25, -0.2) is 4.57 Å². The van der Waals surface area contributed by atoms with Crippen molar-refractivity contribution >= 4 is 13.5 Å². The van der Waals surface area contributed by atoms with Crippen molar-refractivity contribution in [2.24, 2.45) is 0 Å². The number of hydrogen-bond acceptors (Lipinski definition) is 10. The number of nitrogens with zero attached hydrogens (tertiary/aromatic N) is 2. The lowest BCUT2D eigenvalue weighted by Gasteiger charge is -2.37. The average molecular weight is 532 g/mol. The van der Waals surface area contributed by atoms with Gasteiger partial charge in [-0.05, 0) is 43.8 Å². The van der Waals surface area contributed by atoms with Crippen LogP contribution in [0.2, 0.25) is 0 Å². The Morgan fingerprint density at radius 3 is 2.76 bits per heavy atom. The van der Waals surface area contributed by atoms with Gasteiger partial charge in [0.1, 0.15) is 11.9 Å². The van der Waals surface area contributed by atoms with Gasteiger partial charge in [0.05, 0.1) is 36.8 Å². The van der Waals surface area contributed by atoms with Crippen LogP contribution in [0.1, 0.15) is 24.0 Å². The lowest BCUT2D eigenvalue weighted by Crippen LogP contribution is -2.43. The number of non-ortho nitro benzene ring substituents is 1. The third-order valence-corrected chi connectivity index (χ3v) is 8.46. The molecule has 0 radical (unpaired) electrons. The molecule has 198 valence electrons. The highest BCUT2D eigenvalue weighted by atomic mass is 31.2. The Bertz CT molecular complexity index is 1250. The van der Waals surface area contributed by atoms with Crippen molar-refractivity contribution in [3.8, 4) is 17.2 Å². The first kappa shape index (κ1) is 25.7. The number of nitro benzene ring substituents is 1. The fraction of sp³-hybridized carbons (Fsp3) is 0.440. The van der Waals surface area contributed by atoms with Crippen LogP contribution in [0.5, 0.6) is 17.2 Å². The van der Waals surface area contributed by atoms with Crippen LogP contribution in [0.4, 0.5) is 5.69 Å². The van der Waals surface area contributed by atoms with Crippen molar-refractivity contribution in [2.45, 2.75) is 37.0 Å². The minimum absolute atomic E-state index is 0.0776. The van der Waals surface area contributed by atoms with E-state index in [-0.39, 0.29) is 29.6 Å². The molecule has 4 atom stereocenters. The van der Waals surface area contributed by atoms with Crippen LogP contribution < -0.4 is 14.0 Å². The monoisotopic (exact) mass is 532 g/mol. The number of ether oxygens (including phenoxy) is 2. The second kappa shape index (κ2) is 10.1. The standard InChI is InChI=1S/C25H29N2O9P/c1-26-12-11-25-10-9-20(15-22(25)34-24-21(32-2)8-3-17(16-26)23(24)25)36-37(31,33-14-13-28)35-19-6-4-18(5-7-19)27(29)30/h3-10,20,22,28H,11-16H2,1-2H3/t20-,22-,25-,37?/m0/s1. The molecular formula is C25H29N2O9P. The zero-order valence-corrected chi connectivity index (χ0v) is 21.5. The van der Waals surface area contributed by atoms with E-state index < -0.39 is 25.5 Å². The Morgan fingerprint density at radius 2 is 2.05 bits per heavy atom. The maximum atomic E-state index is 13.5. The topological polar surface area (TPSA) is 130 Å². The van der Waals surface area contributed by atoms with Crippen LogP contribution in [0.15, 0.2) is 48.6 Å². The molecule has 12 heteroatoms. The van der Waals surface area contributed by atoms with Gasteiger partial charge in [-0.2, -0.15) is 0 Å². The van der Waals surface area contributed by atoms with Gasteiger partial charge in [0, 0.05) is 30.7 Å². The summed E-state index contributed by atoms with van der Waals surface area (Å²) in [5.41, 5.74) is 1.79. The zero-order chi connectivity index (χ0) is 26.2. The molecule has 0 aromatic heterocycles. The summed E-state index contributed by atoms with van der Waals surface area (Å²) < 4.78 is 42.3. The van der Waals surface area contributed by atoms with Gasteiger partial charge in [0.25, 0.3) is 5.69 Å². The van der Waals surface area contributed by atoms with E-state index in [1.807, 2.05) is 12.1 Å². The molecule has 1 N–H and O–H groups in total. The van der Waals surface area contributed by atoms with E-state index in [4.69, 9.17) is 23.0 Å². The van der Waals surface area contributed by atoms with Gasteiger partial charge in [-0.1, -0.05) is 18.2 Å². The van der Waals surface area contributed by atoms with E-state index in [1.165, 1.54) is 29.8 Å². The van der Waals surface area contributed by atoms with Gasteiger partial charge < -0.3 is 24.0 Å². The number of aliphatic hydroxyl groups is 1. The number of aliphatic hydroxyl groups excluding tert-OH is 1. The highest BCUT2D eigenvalue weighted by molar-refractivity contribution is 7.49. The van der Waals surface area contributed by atoms with Crippen molar-refractivity contribution in [3.63, 3.8) is 0 Å². The summed E-state index contributed by atoms with van der Waals surface area (Å²) in [5, 5.41) is 20.2. The SMILES string of the molecule is COc1ccc2c3c1O[C@H]1C[C@@H](OP(=O)(OCCO)Oc4ccc([N+](=O)[O-])cc4)C=C[C@@]31CCN(C)C2. The lowest BCUT2D eigenvalue weighted by molar-refractivity contribution is -0.384. The van der Waals surface area contributed by atoms with Gasteiger partial charge >= 0.3 is 7.82 Å². The molecule has 2 aromatic rings. The minimum atomic E-state index is -4.20. The summed E-state index contributed by atoms with van der Waals surface area (Å²) in [7, 11) is -0.498. The first-order valence-corrected chi connectivity index (χ1v) is 13.5. The van der Waals surface area contributed by atoms with E-state index in [2.05, 4.69) is 24.1 Å². The second-order valence-electron chi connectivity index (χ2n) is 9.35. The largest absolute Gasteiger partial charge is 0.530 e. The number of phosphoric acid groups is 1. The van der Waals surface area contributed by atoms with Crippen molar-refractivity contribution in [1.29, 1.82) is 0 Å². The highest BCUT2D eigenvalue weighted by Gasteiger charge is 2.53. The van der Waals surface area contributed by atoms with Gasteiger partial charge in [0.15, 0.2) is 11.5 Å². The van der Waals surface area contributed by atoms with Crippen LogP contribution in [0.25, 0.3) is 0 Å². The molecule has 0 saturated carbocycles. The van der Waals surface area contributed by atoms with Crippen LogP contribution in [-0.4, -0.2) is 61.1 Å². The molecule has 0 bridgehead atoms. The molecule has 0 saturated heterocycles. The van der Waals surface area contributed by atoms with E-state index in [1.54, 1.807) is 7.11 Å². The molecule has 2 aliphatic heterocycles. The number of hydrogen-bond donors (Lipinski definition) is 1. The highest BCUT2D eigenvalue weighted by Crippen LogP contribution is 2.58. The van der Waals surface area contributed by atoms with Crippen molar-refractivity contribution in [1.82, 2.24) is 4.90 Å². The average Bonchev–Trinajstić information content (AvgIpc) is 3.14. The Kier molecular flexibility index (Phi) is 6.99. The summed E-state index contributed by atoms with van der Waals surface area (Å²) in [5.74, 6) is 1.47. The molecule has 3 aliphatic rings. The zero-order valence-electron chi connectivity index (χ0n) is 20.6. The van der Waals surface area contributed by atoms with Gasteiger partial charge in [-0.15, -0.1) is 0 Å². The molecule has 2 heterocycles. The fourth-order valence-electron chi connectivity index (χ4n) is 5.30. The maximum absolute atomic E-state index is 13.5. The number of rotatable bonds is 9. The Balaban J connectivity index is 1.41. The number of benzene rings is 2.